The first-order chi connectivity index (χ1) is 9.30. The lowest BCUT2D eigenvalue weighted by Crippen LogP contribution is -2.33. The number of halogens is 3. The van der Waals surface area contributed by atoms with E-state index in [9.17, 15) is 13.2 Å². The lowest BCUT2D eigenvalue weighted by Gasteiger charge is -2.34. The van der Waals surface area contributed by atoms with Crippen molar-refractivity contribution in [1.29, 1.82) is 0 Å². The SMILES string of the molecule is Cc1cccc(C(N)C2CCCC(C(F)(F)F)C2)c1C. The normalized spacial score (nSPS) is 25.5. The minimum Gasteiger partial charge on any atom is -0.324 e. The molecule has 2 rings (SSSR count). The highest BCUT2D eigenvalue weighted by Gasteiger charge is 2.43. The molecule has 1 nitrogen and oxygen atoms in total. The van der Waals surface area contributed by atoms with E-state index >= 15 is 0 Å². The van der Waals surface area contributed by atoms with Crippen LogP contribution in [0.2, 0.25) is 0 Å². The predicted molar refractivity (Wildman–Crippen MR) is 74.3 cm³/mol. The third kappa shape index (κ3) is 3.17. The lowest BCUT2D eigenvalue weighted by atomic mass is 9.75. The maximum absolute atomic E-state index is 12.9. The molecule has 1 aromatic carbocycles. The van der Waals surface area contributed by atoms with Crippen LogP contribution < -0.4 is 5.73 Å². The lowest BCUT2D eigenvalue weighted by molar-refractivity contribution is -0.186. The summed E-state index contributed by atoms with van der Waals surface area (Å²) in [5, 5.41) is 0. The summed E-state index contributed by atoms with van der Waals surface area (Å²) in [7, 11) is 0. The molecule has 1 aliphatic rings. The number of rotatable bonds is 2. The van der Waals surface area contributed by atoms with Gasteiger partial charge in [-0.15, -0.1) is 0 Å². The molecular formula is C16H22F3N. The van der Waals surface area contributed by atoms with Crippen LogP contribution in [0.15, 0.2) is 18.2 Å². The summed E-state index contributed by atoms with van der Waals surface area (Å²) in [5.74, 6) is -1.26. The topological polar surface area (TPSA) is 26.0 Å². The number of hydrogen-bond acceptors (Lipinski definition) is 1. The third-order valence-corrected chi connectivity index (χ3v) is 4.69. The molecule has 1 aromatic rings. The third-order valence-electron chi connectivity index (χ3n) is 4.69. The van der Waals surface area contributed by atoms with E-state index in [1.807, 2.05) is 32.0 Å². The van der Waals surface area contributed by atoms with Crippen molar-refractivity contribution in [3.05, 3.63) is 34.9 Å². The Balaban J connectivity index is 2.16. The first kappa shape index (κ1) is 15.4. The average molecular weight is 285 g/mol. The Hall–Kier alpha value is -1.03. The molecule has 0 aromatic heterocycles. The standard InChI is InChI=1S/C16H22F3N/c1-10-5-3-8-14(11(10)2)15(20)12-6-4-7-13(9-12)16(17,18)19/h3,5,8,12-13,15H,4,6-7,9,20H2,1-2H3. The molecule has 0 aliphatic heterocycles. The molecule has 4 heteroatoms. The second-order valence-electron chi connectivity index (χ2n) is 5.98. The number of alkyl halides is 3. The van der Waals surface area contributed by atoms with Gasteiger partial charge in [-0.1, -0.05) is 24.6 Å². The van der Waals surface area contributed by atoms with Crippen molar-refractivity contribution >= 4 is 0 Å². The van der Waals surface area contributed by atoms with Crippen molar-refractivity contribution in [2.24, 2.45) is 17.6 Å². The maximum atomic E-state index is 12.9. The van der Waals surface area contributed by atoms with Crippen molar-refractivity contribution in [2.45, 2.75) is 51.7 Å². The number of aryl methyl sites for hydroxylation is 1. The van der Waals surface area contributed by atoms with Gasteiger partial charge in [-0.3, -0.25) is 0 Å². The summed E-state index contributed by atoms with van der Waals surface area (Å²) in [5.41, 5.74) is 9.52. The van der Waals surface area contributed by atoms with E-state index in [-0.39, 0.29) is 24.8 Å². The Labute approximate surface area is 118 Å². The molecule has 2 N–H and O–H groups in total. The van der Waals surface area contributed by atoms with E-state index in [4.69, 9.17) is 5.73 Å². The van der Waals surface area contributed by atoms with E-state index in [0.29, 0.717) is 6.42 Å². The van der Waals surface area contributed by atoms with Crippen LogP contribution in [0.4, 0.5) is 13.2 Å². The molecule has 1 aliphatic carbocycles. The van der Waals surface area contributed by atoms with Crippen LogP contribution >= 0.6 is 0 Å². The monoisotopic (exact) mass is 285 g/mol. The molecule has 20 heavy (non-hydrogen) atoms. The summed E-state index contributed by atoms with van der Waals surface area (Å²) in [6.45, 7) is 4.00. The molecule has 3 unspecified atom stereocenters. The number of hydrogen-bond donors (Lipinski definition) is 1. The molecule has 112 valence electrons. The molecule has 1 fully saturated rings. The van der Waals surface area contributed by atoms with Crippen LogP contribution in [-0.4, -0.2) is 6.18 Å². The summed E-state index contributed by atoms with van der Waals surface area (Å²) < 4.78 is 38.6. The van der Waals surface area contributed by atoms with Gasteiger partial charge in [0.15, 0.2) is 0 Å². The van der Waals surface area contributed by atoms with Crippen molar-refractivity contribution in [3.63, 3.8) is 0 Å². The van der Waals surface area contributed by atoms with Gasteiger partial charge >= 0.3 is 6.18 Å². The molecule has 3 atom stereocenters. The van der Waals surface area contributed by atoms with Crippen molar-refractivity contribution < 1.29 is 13.2 Å². The van der Waals surface area contributed by atoms with Gasteiger partial charge < -0.3 is 5.73 Å². The molecule has 0 amide bonds. The Bertz CT molecular complexity index is 467. The molecule has 1 saturated carbocycles. The molecule has 0 saturated heterocycles. The van der Waals surface area contributed by atoms with E-state index < -0.39 is 12.1 Å². The van der Waals surface area contributed by atoms with Crippen LogP contribution in [0.5, 0.6) is 0 Å². The first-order valence-electron chi connectivity index (χ1n) is 7.19. The Morgan fingerprint density at radius 3 is 2.55 bits per heavy atom. The summed E-state index contributed by atoms with van der Waals surface area (Å²) in [6.07, 6.45) is -2.26. The van der Waals surface area contributed by atoms with E-state index in [0.717, 1.165) is 23.1 Å². The highest BCUT2D eigenvalue weighted by Crippen LogP contribution is 2.43. The number of benzene rings is 1. The van der Waals surface area contributed by atoms with Gasteiger partial charge in [0.2, 0.25) is 0 Å². The average Bonchev–Trinajstić information content (AvgIpc) is 2.40. The Kier molecular flexibility index (Phi) is 4.43. The fourth-order valence-electron chi connectivity index (χ4n) is 3.24. The van der Waals surface area contributed by atoms with E-state index in [1.54, 1.807) is 0 Å². The summed E-state index contributed by atoms with van der Waals surface area (Å²) >= 11 is 0. The van der Waals surface area contributed by atoms with Gasteiger partial charge in [-0.25, -0.2) is 0 Å². The fraction of sp³-hybridized carbons (Fsp3) is 0.625. The zero-order valence-corrected chi connectivity index (χ0v) is 12.0. The molecule has 0 radical (unpaired) electrons. The van der Waals surface area contributed by atoms with Gasteiger partial charge in [0.25, 0.3) is 0 Å². The molecule has 0 spiro atoms. The second-order valence-corrected chi connectivity index (χ2v) is 5.98. The smallest absolute Gasteiger partial charge is 0.324 e. The van der Waals surface area contributed by atoms with Crippen molar-refractivity contribution in [2.75, 3.05) is 0 Å². The Morgan fingerprint density at radius 2 is 1.90 bits per heavy atom. The van der Waals surface area contributed by atoms with Gasteiger partial charge in [-0.2, -0.15) is 13.2 Å². The van der Waals surface area contributed by atoms with Crippen LogP contribution in [0.1, 0.15) is 48.4 Å². The minimum absolute atomic E-state index is 0.0733. The highest BCUT2D eigenvalue weighted by atomic mass is 19.4. The zero-order chi connectivity index (χ0) is 14.9. The van der Waals surface area contributed by atoms with Gasteiger partial charge in [0.05, 0.1) is 5.92 Å². The van der Waals surface area contributed by atoms with Crippen LogP contribution in [0.25, 0.3) is 0 Å². The highest BCUT2D eigenvalue weighted by molar-refractivity contribution is 5.35. The minimum atomic E-state index is -4.08. The van der Waals surface area contributed by atoms with Crippen molar-refractivity contribution in [3.8, 4) is 0 Å². The van der Waals surface area contributed by atoms with Gasteiger partial charge in [0, 0.05) is 6.04 Å². The van der Waals surface area contributed by atoms with E-state index in [2.05, 4.69) is 0 Å². The van der Waals surface area contributed by atoms with Crippen molar-refractivity contribution in [1.82, 2.24) is 0 Å². The molecule has 0 heterocycles. The largest absolute Gasteiger partial charge is 0.391 e. The fourth-order valence-corrected chi connectivity index (χ4v) is 3.24. The summed E-state index contributed by atoms with van der Waals surface area (Å²) in [6, 6.07) is 5.59. The summed E-state index contributed by atoms with van der Waals surface area (Å²) in [4.78, 5) is 0. The zero-order valence-electron chi connectivity index (χ0n) is 12.0. The second kappa shape index (κ2) is 5.76. The Morgan fingerprint density at radius 1 is 1.20 bits per heavy atom. The van der Waals surface area contributed by atoms with Crippen LogP contribution in [0.3, 0.4) is 0 Å². The number of nitrogens with two attached hydrogens (primary N) is 1. The van der Waals surface area contributed by atoms with Crippen LogP contribution in [-0.2, 0) is 0 Å². The quantitative estimate of drug-likeness (QED) is 0.839. The molecular weight excluding hydrogens is 263 g/mol. The predicted octanol–water partition coefficient (Wildman–Crippen LogP) is 4.67. The van der Waals surface area contributed by atoms with Crippen LogP contribution in [0, 0.1) is 25.7 Å². The maximum Gasteiger partial charge on any atom is 0.391 e. The van der Waals surface area contributed by atoms with Gasteiger partial charge in [0.1, 0.15) is 0 Å². The van der Waals surface area contributed by atoms with E-state index in [1.165, 1.54) is 0 Å². The molecule has 0 bridgehead atoms. The first-order valence-corrected chi connectivity index (χ1v) is 7.19. The van der Waals surface area contributed by atoms with Gasteiger partial charge in [-0.05, 0) is 55.7 Å².